The van der Waals surface area contributed by atoms with E-state index in [1.807, 2.05) is 4.90 Å². The monoisotopic (exact) mass is 466 g/mol. The maximum atomic E-state index is 14.1. The van der Waals surface area contributed by atoms with E-state index in [1.54, 1.807) is 4.90 Å². The molecule has 3 aliphatic heterocycles. The van der Waals surface area contributed by atoms with E-state index in [-0.39, 0.29) is 18.0 Å². The molecule has 186 valence electrons. The van der Waals surface area contributed by atoms with Gasteiger partial charge in [0.2, 0.25) is 0 Å². The number of fused-ring (bicyclic) bond motifs is 1. The van der Waals surface area contributed by atoms with E-state index in [4.69, 9.17) is 0 Å². The highest BCUT2D eigenvalue weighted by atomic mass is 16.2. The van der Waals surface area contributed by atoms with E-state index in [1.165, 1.54) is 50.0 Å². The number of hydrogen-bond acceptors (Lipinski definition) is 4. The molecule has 6 heteroatoms. The van der Waals surface area contributed by atoms with E-state index in [9.17, 15) is 9.59 Å². The van der Waals surface area contributed by atoms with Crippen LogP contribution < -0.4 is 0 Å². The number of amides is 3. The molecule has 0 saturated carbocycles. The smallest absolute Gasteiger partial charge is 0.309 e. The van der Waals surface area contributed by atoms with Crippen molar-refractivity contribution >= 4 is 11.9 Å². The summed E-state index contributed by atoms with van der Waals surface area (Å²) < 4.78 is 0. The van der Waals surface area contributed by atoms with Crippen LogP contribution in [0.5, 0.6) is 0 Å². The SMILES string of the molecule is CCCN1CCC(N2CCC3(CC2)C(=O)N(C2Cc4ccccc4C2)C(=O)N3CC(C)C)CC1. The minimum atomic E-state index is -0.643. The van der Waals surface area contributed by atoms with Crippen molar-refractivity contribution < 1.29 is 9.59 Å². The first-order valence-corrected chi connectivity index (χ1v) is 13.6. The number of hydrogen-bond donors (Lipinski definition) is 0. The van der Waals surface area contributed by atoms with Gasteiger partial charge in [-0.05, 0) is 81.6 Å². The summed E-state index contributed by atoms with van der Waals surface area (Å²) in [6, 6.07) is 8.95. The van der Waals surface area contributed by atoms with Gasteiger partial charge in [0.05, 0.1) is 0 Å². The number of benzene rings is 1. The van der Waals surface area contributed by atoms with Crippen molar-refractivity contribution in [2.24, 2.45) is 5.92 Å². The summed E-state index contributed by atoms with van der Waals surface area (Å²) in [5.74, 6) is 0.420. The molecule has 0 N–H and O–H groups in total. The van der Waals surface area contributed by atoms with Gasteiger partial charge in [-0.2, -0.15) is 0 Å². The molecule has 0 atom stereocenters. The summed E-state index contributed by atoms with van der Waals surface area (Å²) in [4.78, 5) is 36.7. The molecule has 1 spiro atoms. The van der Waals surface area contributed by atoms with Gasteiger partial charge in [-0.1, -0.05) is 45.0 Å². The standard InChI is InChI=1S/C28H42N4O2/c1-4-13-29-14-9-24(10-15-29)30-16-11-28(12-17-30)26(33)32(27(34)31(28)20-21(2)3)25-18-22-7-5-6-8-23(22)19-25/h5-8,21,24-25H,4,9-20H2,1-3H3. The first kappa shape index (κ1) is 23.8. The van der Waals surface area contributed by atoms with Gasteiger partial charge in [0.1, 0.15) is 5.54 Å². The number of urea groups is 1. The van der Waals surface area contributed by atoms with Gasteiger partial charge in [0.25, 0.3) is 5.91 Å². The van der Waals surface area contributed by atoms with E-state index >= 15 is 0 Å². The van der Waals surface area contributed by atoms with Crippen molar-refractivity contribution in [2.45, 2.75) is 83.3 Å². The Labute approximate surface area is 205 Å². The number of likely N-dealkylation sites (tertiary alicyclic amines) is 2. The Balaban J connectivity index is 1.30. The lowest BCUT2D eigenvalue weighted by Crippen LogP contribution is -2.59. The number of carbonyl (C=O) groups excluding carboxylic acids is 2. The molecule has 0 radical (unpaired) electrons. The highest BCUT2D eigenvalue weighted by molar-refractivity contribution is 6.07. The minimum Gasteiger partial charge on any atom is -0.309 e. The van der Waals surface area contributed by atoms with Gasteiger partial charge in [-0.25, -0.2) is 4.79 Å². The molecule has 6 nitrogen and oxygen atoms in total. The Hall–Kier alpha value is -1.92. The molecule has 4 aliphatic rings. The molecule has 1 aromatic carbocycles. The van der Waals surface area contributed by atoms with Crippen LogP contribution >= 0.6 is 0 Å². The molecule has 3 saturated heterocycles. The Morgan fingerprint density at radius 2 is 1.56 bits per heavy atom. The second-order valence-electron chi connectivity index (χ2n) is 11.4. The van der Waals surface area contributed by atoms with E-state index < -0.39 is 5.54 Å². The van der Waals surface area contributed by atoms with Crippen molar-refractivity contribution in [1.82, 2.24) is 19.6 Å². The summed E-state index contributed by atoms with van der Waals surface area (Å²) in [5, 5.41) is 0. The average molecular weight is 467 g/mol. The zero-order valence-corrected chi connectivity index (χ0v) is 21.3. The number of nitrogens with zero attached hydrogens (tertiary/aromatic N) is 4. The summed E-state index contributed by atoms with van der Waals surface area (Å²) in [6.07, 6.45) is 6.81. The first-order valence-electron chi connectivity index (χ1n) is 13.6. The van der Waals surface area contributed by atoms with Gasteiger partial charge < -0.3 is 14.7 Å². The lowest BCUT2D eigenvalue weighted by Gasteiger charge is -2.46. The Morgan fingerprint density at radius 3 is 2.12 bits per heavy atom. The second-order valence-corrected chi connectivity index (χ2v) is 11.4. The highest BCUT2D eigenvalue weighted by Gasteiger charge is 2.60. The first-order chi connectivity index (χ1) is 16.4. The third kappa shape index (κ3) is 4.17. The van der Waals surface area contributed by atoms with Crippen LogP contribution in [-0.4, -0.2) is 88.4 Å². The molecule has 3 heterocycles. The Bertz CT molecular complexity index is 874. The molecule has 1 aromatic rings. The summed E-state index contributed by atoms with van der Waals surface area (Å²) in [6.45, 7) is 12.6. The number of rotatable bonds is 6. The molecular weight excluding hydrogens is 424 g/mol. The Kier molecular flexibility index (Phi) is 6.73. The van der Waals surface area contributed by atoms with Crippen molar-refractivity contribution in [3.8, 4) is 0 Å². The lowest BCUT2D eigenvalue weighted by molar-refractivity contribution is -0.137. The van der Waals surface area contributed by atoms with Crippen LogP contribution in [0.25, 0.3) is 0 Å². The van der Waals surface area contributed by atoms with Crippen LogP contribution in [0.4, 0.5) is 4.79 Å². The lowest BCUT2D eigenvalue weighted by atomic mass is 9.84. The molecule has 34 heavy (non-hydrogen) atoms. The Morgan fingerprint density at radius 1 is 0.941 bits per heavy atom. The highest BCUT2D eigenvalue weighted by Crippen LogP contribution is 2.41. The third-order valence-corrected chi connectivity index (χ3v) is 8.75. The van der Waals surface area contributed by atoms with Crippen LogP contribution in [-0.2, 0) is 17.6 Å². The minimum absolute atomic E-state index is 0.0349. The summed E-state index contributed by atoms with van der Waals surface area (Å²) in [5.41, 5.74) is 1.93. The predicted molar refractivity (Wildman–Crippen MR) is 135 cm³/mol. The van der Waals surface area contributed by atoms with Crippen LogP contribution in [0.2, 0.25) is 0 Å². The fourth-order valence-electron chi connectivity index (χ4n) is 6.97. The molecule has 5 rings (SSSR count). The van der Waals surface area contributed by atoms with Crippen molar-refractivity contribution in [3.63, 3.8) is 0 Å². The van der Waals surface area contributed by atoms with E-state index in [2.05, 4.69) is 54.8 Å². The topological polar surface area (TPSA) is 47.1 Å². The zero-order chi connectivity index (χ0) is 23.9. The van der Waals surface area contributed by atoms with Crippen LogP contribution in [0, 0.1) is 5.92 Å². The van der Waals surface area contributed by atoms with Crippen molar-refractivity contribution in [3.05, 3.63) is 35.4 Å². The van der Waals surface area contributed by atoms with Gasteiger partial charge in [-0.15, -0.1) is 0 Å². The van der Waals surface area contributed by atoms with Gasteiger partial charge in [-0.3, -0.25) is 9.69 Å². The summed E-state index contributed by atoms with van der Waals surface area (Å²) in [7, 11) is 0. The molecule has 3 amide bonds. The zero-order valence-electron chi connectivity index (χ0n) is 21.3. The number of carbonyl (C=O) groups is 2. The van der Waals surface area contributed by atoms with Crippen molar-refractivity contribution in [2.75, 3.05) is 39.3 Å². The predicted octanol–water partition coefficient (Wildman–Crippen LogP) is 3.78. The molecule has 3 fully saturated rings. The van der Waals surface area contributed by atoms with E-state index in [0.717, 1.165) is 38.8 Å². The quantitative estimate of drug-likeness (QED) is 0.599. The number of piperidine rings is 2. The maximum absolute atomic E-state index is 14.1. The molecule has 1 aliphatic carbocycles. The molecular formula is C28H42N4O2. The van der Waals surface area contributed by atoms with Crippen LogP contribution in [0.1, 0.15) is 64.0 Å². The summed E-state index contributed by atoms with van der Waals surface area (Å²) >= 11 is 0. The molecule has 0 aromatic heterocycles. The van der Waals surface area contributed by atoms with Crippen LogP contribution in [0.15, 0.2) is 24.3 Å². The maximum Gasteiger partial charge on any atom is 0.327 e. The molecule has 0 bridgehead atoms. The number of imide groups is 1. The second kappa shape index (κ2) is 9.62. The van der Waals surface area contributed by atoms with Crippen LogP contribution in [0.3, 0.4) is 0 Å². The fraction of sp³-hybridized carbons (Fsp3) is 0.714. The van der Waals surface area contributed by atoms with Crippen molar-refractivity contribution in [1.29, 1.82) is 0 Å². The average Bonchev–Trinajstić information content (AvgIpc) is 3.33. The van der Waals surface area contributed by atoms with E-state index in [0.29, 0.717) is 18.5 Å². The largest absolute Gasteiger partial charge is 0.327 e. The molecule has 0 unspecified atom stereocenters. The van der Waals surface area contributed by atoms with Gasteiger partial charge >= 0.3 is 6.03 Å². The normalized spacial score (nSPS) is 24.7. The van der Waals surface area contributed by atoms with Gasteiger partial charge in [0.15, 0.2) is 0 Å². The fourth-order valence-corrected chi connectivity index (χ4v) is 6.97. The van der Waals surface area contributed by atoms with Gasteiger partial charge in [0, 0.05) is 31.7 Å². The third-order valence-electron chi connectivity index (χ3n) is 8.75.